The summed E-state index contributed by atoms with van der Waals surface area (Å²) >= 11 is 0. The molecule has 1 aromatic heterocycles. The number of piperidine rings is 1. The predicted octanol–water partition coefficient (Wildman–Crippen LogP) is 1.91. The summed E-state index contributed by atoms with van der Waals surface area (Å²) in [6.07, 6.45) is 3.97. The molecule has 3 rings (SSSR count). The molecule has 0 atom stereocenters. The number of halogens is 1. The molecule has 1 spiro atoms. The first-order valence-corrected chi connectivity index (χ1v) is 9.73. The van der Waals surface area contributed by atoms with Crippen molar-refractivity contribution in [1.29, 1.82) is 0 Å². The number of methoxy groups -OCH3 is 1. The van der Waals surface area contributed by atoms with Gasteiger partial charge in [-0.05, 0) is 25.2 Å². The molecule has 0 bridgehead atoms. The van der Waals surface area contributed by atoms with Crippen LogP contribution in [0.1, 0.15) is 33.1 Å². The molecule has 2 saturated heterocycles. The van der Waals surface area contributed by atoms with Crippen LogP contribution < -0.4 is 4.90 Å². The van der Waals surface area contributed by atoms with Crippen molar-refractivity contribution in [1.82, 2.24) is 19.8 Å². The van der Waals surface area contributed by atoms with E-state index in [0.717, 1.165) is 6.20 Å². The Labute approximate surface area is 164 Å². The van der Waals surface area contributed by atoms with Crippen molar-refractivity contribution >= 4 is 17.8 Å². The van der Waals surface area contributed by atoms with Crippen LogP contribution in [-0.4, -0.2) is 77.1 Å². The summed E-state index contributed by atoms with van der Waals surface area (Å²) in [5.74, 6) is -0.136. The van der Waals surface area contributed by atoms with E-state index >= 15 is 0 Å². The van der Waals surface area contributed by atoms with Crippen molar-refractivity contribution in [3.63, 3.8) is 0 Å². The zero-order chi connectivity index (χ0) is 20.3. The molecular formula is C19H28FN5O3. The van der Waals surface area contributed by atoms with Crippen LogP contribution in [-0.2, 0) is 9.53 Å². The Hall–Kier alpha value is -2.29. The second-order valence-corrected chi connectivity index (χ2v) is 7.80. The first kappa shape index (κ1) is 20.4. The molecule has 0 saturated carbocycles. The maximum Gasteiger partial charge on any atom is 0.327 e. The molecule has 154 valence electrons. The number of carbonyl (C=O) groups excluding carboxylic acids is 2. The van der Waals surface area contributed by atoms with Crippen LogP contribution in [0.5, 0.6) is 0 Å². The first-order valence-electron chi connectivity index (χ1n) is 9.73. The minimum Gasteiger partial charge on any atom is -0.385 e. The monoisotopic (exact) mass is 393 g/mol. The summed E-state index contributed by atoms with van der Waals surface area (Å²) in [6.45, 7) is 6.34. The topological polar surface area (TPSA) is 78.9 Å². The minimum absolute atomic E-state index is 0.142. The zero-order valence-corrected chi connectivity index (χ0v) is 16.7. The molecule has 0 aliphatic carbocycles. The minimum atomic E-state index is -0.853. The lowest BCUT2D eigenvalue weighted by molar-refractivity contribution is -0.134. The number of amides is 3. The fourth-order valence-electron chi connectivity index (χ4n) is 4.08. The third kappa shape index (κ3) is 3.67. The van der Waals surface area contributed by atoms with E-state index < -0.39 is 11.4 Å². The maximum absolute atomic E-state index is 14.0. The molecule has 28 heavy (non-hydrogen) atoms. The molecule has 0 unspecified atom stereocenters. The second-order valence-electron chi connectivity index (χ2n) is 7.80. The van der Waals surface area contributed by atoms with Crippen LogP contribution in [0.15, 0.2) is 12.5 Å². The van der Waals surface area contributed by atoms with E-state index in [4.69, 9.17) is 4.74 Å². The Bertz CT molecular complexity index is 721. The smallest absolute Gasteiger partial charge is 0.327 e. The van der Waals surface area contributed by atoms with Crippen molar-refractivity contribution in [3.8, 4) is 0 Å². The number of carbonyl (C=O) groups is 2. The summed E-state index contributed by atoms with van der Waals surface area (Å²) in [4.78, 5) is 39.0. The van der Waals surface area contributed by atoms with Crippen LogP contribution in [0.25, 0.3) is 0 Å². The van der Waals surface area contributed by atoms with Gasteiger partial charge in [0.2, 0.25) is 0 Å². The number of anilines is 1. The van der Waals surface area contributed by atoms with E-state index in [-0.39, 0.29) is 23.7 Å². The summed E-state index contributed by atoms with van der Waals surface area (Å²) in [5, 5.41) is 0. The van der Waals surface area contributed by atoms with Crippen molar-refractivity contribution < 1.29 is 18.7 Å². The highest BCUT2D eigenvalue weighted by molar-refractivity contribution is 6.07. The van der Waals surface area contributed by atoms with E-state index in [0.29, 0.717) is 52.0 Å². The molecule has 3 heterocycles. The Kier molecular flexibility index (Phi) is 6.12. The molecule has 3 amide bonds. The van der Waals surface area contributed by atoms with Gasteiger partial charge in [-0.2, -0.15) is 0 Å². The fourth-order valence-corrected chi connectivity index (χ4v) is 4.08. The number of hydrogen-bond acceptors (Lipinski definition) is 6. The number of rotatable bonds is 7. The molecule has 0 aromatic carbocycles. The van der Waals surface area contributed by atoms with Gasteiger partial charge in [0.1, 0.15) is 11.9 Å². The summed E-state index contributed by atoms with van der Waals surface area (Å²) < 4.78 is 19.1. The van der Waals surface area contributed by atoms with Crippen LogP contribution in [0.4, 0.5) is 15.0 Å². The second kappa shape index (κ2) is 8.38. The molecular weight excluding hydrogens is 365 g/mol. The SMILES string of the molecule is COCCCN1C(=O)N(CC(C)C)C2(CCN(c3ncncc3F)CC2)C1=O. The third-order valence-corrected chi connectivity index (χ3v) is 5.44. The van der Waals surface area contributed by atoms with Crippen LogP contribution in [0.2, 0.25) is 0 Å². The Balaban J connectivity index is 1.80. The highest BCUT2D eigenvalue weighted by atomic mass is 19.1. The van der Waals surface area contributed by atoms with E-state index in [1.165, 1.54) is 11.2 Å². The largest absolute Gasteiger partial charge is 0.385 e. The van der Waals surface area contributed by atoms with Gasteiger partial charge in [-0.25, -0.2) is 19.2 Å². The predicted molar refractivity (Wildman–Crippen MR) is 101 cm³/mol. The van der Waals surface area contributed by atoms with Crippen molar-refractivity contribution in [2.75, 3.05) is 44.8 Å². The van der Waals surface area contributed by atoms with Crippen molar-refractivity contribution in [2.24, 2.45) is 5.92 Å². The van der Waals surface area contributed by atoms with Gasteiger partial charge in [-0.1, -0.05) is 13.8 Å². The molecule has 2 fully saturated rings. The summed E-state index contributed by atoms with van der Waals surface area (Å²) in [5.41, 5.74) is -0.853. The number of ether oxygens (including phenoxy) is 1. The lowest BCUT2D eigenvalue weighted by atomic mass is 9.85. The van der Waals surface area contributed by atoms with Gasteiger partial charge in [-0.15, -0.1) is 0 Å². The van der Waals surface area contributed by atoms with Gasteiger partial charge < -0.3 is 14.5 Å². The van der Waals surface area contributed by atoms with E-state index in [2.05, 4.69) is 9.97 Å². The molecule has 1 aromatic rings. The third-order valence-electron chi connectivity index (χ3n) is 5.44. The molecule has 2 aliphatic rings. The van der Waals surface area contributed by atoms with Gasteiger partial charge in [0.15, 0.2) is 11.6 Å². The lowest BCUT2D eigenvalue weighted by Gasteiger charge is -2.43. The average molecular weight is 393 g/mol. The van der Waals surface area contributed by atoms with E-state index in [1.807, 2.05) is 18.7 Å². The van der Waals surface area contributed by atoms with Crippen LogP contribution in [0, 0.1) is 11.7 Å². The number of imide groups is 1. The molecule has 9 heteroatoms. The number of urea groups is 1. The normalized spacial score (nSPS) is 19.4. The van der Waals surface area contributed by atoms with E-state index in [9.17, 15) is 14.0 Å². The van der Waals surface area contributed by atoms with Gasteiger partial charge in [-0.3, -0.25) is 9.69 Å². The van der Waals surface area contributed by atoms with Crippen molar-refractivity contribution in [3.05, 3.63) is 18.3 Å². The van der Waals surface area contributed by atoms with Gasteiger partial charge in [0.05, 0.1) is 6.20 Å². The summed E-state index contributed by atoms with van der Waals surface area (Å²) in [7, 11) is 1.60. The molecule has 8 nitrogen and oxygen atoms in total. The average Bonchev–Trinajstić information content (AvgIpc) is 2.85. The quantitative estimate of drug-likeness (QED) is 0.520. The fraction of sp³-hybridized carbons (Fsp3) is 0.684. The van der Waals surface area contributed by atoms with Gasteiger partial charge >= 0.3 is 6.03 Å². The standard InChI is InChI=1S/C19H28FN5O3/c1-14(2)12-25-18(27)24(7-4-10-28-3)17(26)19(25)5-8-23(9-6-19)16-15(20)11-21-13-22-16/h11,13-14H,4-10,12H2,1-3H3. The summed E-state index contributed by atoms with van der Waals surface area (Å²) in [6, 6.07) is -0.225. The number of hydrogen-bond donors (Lipinski definition) is 0. The number of nitrogens with zero attached hydrogens (tertiary/aromatic N) is 5. The Morgan fingerprint density at radius 1 is 1.29 bits per heavy atom. The van der Waals surface area contributed by atoms with E-state index in [1.54, 1.807) is 12.0 Å². The first-order chi connectivity index (χ1) is 13.4. The molecule has 0 N–H and O–H groups in total. The Morgan fingerprint density at radius 3 is 2.61 bits per heavy atom. The number of aromatic nitrogens is 2. The lowest BCUT2D eigenvalue weighted by Crippen LogP contribution is -2.57. The van der Waals surface area contributed by atoms with Crippen molar-refractivity contribution in [2.45, 2.75) is 38.6 Å². The maximum atomic E-state index is 14.0. The molecule has 2 aliphatic heterocycles. The molecule has 0 radical (unpaired) electrons. The highest BCUT2D eigenvalue weighted by Gasteiger charge is 2.57. The highest BCUT2D eigenvalue weighted by Crippen LogP contribution is 2.39. The zero-order valence-electron chi connectivity index (χ0n) is 16.7. The van der Waals surface area contributed by atoms with Gasteiger partial charge in [0, 0.05) is 39.9 Å². The van der Waals surface area contributed by atoms with Gasteiger partial charge in [0.25, 0.3) is 5.91 Å². The van der Waals surface area contributed by atoms with Crippen LogP contribution >= 0.6 is 0 Å². The Morgan fingerprint density at radius 2 is 2.00 bits per heavy atom. The van der Waals surface area contributed by atoms with Crippen LogP contribution in [0.3, 0.4) is 0 Å².